The van der Waals surface area contributed by atoms with E-state index in [1.807, 2.05) is 0 Å². The SMILES string of the molecule is COC(=O)c1ccccc1NCC1(C(=O)O)COC1. The first-order valence-corrected chi connectivity index (χ1v) is 5.81. The number of methoxy groups -OCH3 is 1. The highest BCUT2D eigenvalue weighted by Crippen LogP contribution is 2.29. The summed E-state index contributed by atoms with van der Waals surface area (Å²) in [5.41, 5.74) is 0.0242. The third-order valence-corrected chi connectivity index (χ3v) is 3.16. The van der Waals surface area contributed by atoms with E-state index in [1.54, 1.807) is 24.3 Å². The number of anilines is 1. The zero-order chi connectivity index (χ0) is 13.9. The monoisotopic (exact) mass is 265 g/mol. The Morgan fingerprint density at radius 3 is 2.63 bits per heavy atom. The van der Waals surface area contributed by atoms with E-state index < -0.39 is 17.4 Å². The fourth-order valence-electron chi connectivity index (χ4n) is 1.84. The zero-order valence-electron chi connectivity index (χ0n) is 10.5. The minimum atomic E-state index is -0.913. The second-order valence-electron chi connectivity index (χ2n) is 4.47. The Kier molecular flexibility index (Phi) is 3.71. The van der Waals surface area contributed by atoms with Gasteiger partial charge in [0.1, 0.15) is 5.41 Å². The third kappa shape index (κ3) is 2.53. The molecule has 0 unspecified atom stereocenters. The number of nitrogens with one attached hydrogen (secondary N) is 1. The van der Waals surface area contributed by atoms with E-state index in [0.29, 0.717) is 11.3 Å². The van der Waals surface area contributed by atoms with Crippen LogP contribution < -0.4 is 5.32 Å². The van der Waals surface area contributed by atoms with E-state index in [-0.39, 0.29) is 19.8 Å². The van der Waals surface area contributed by atoms with Crippen LogP contribution in [-0.2, 0) is 14.3 Å². The molecule has 0 aromatic heterocycles. The van der Waals surface area contributed by atoms with Crippen molar-refractivity contribution in [3.8, 4) is 0 Å². The van der Waals surface area contributed by atoms with Crippen molar-refractivity contribution in [1.82, 2.24) is 0 Å². The Morgan fingerprint density at radius 2 is 2.11 bits per heavy atom. The number of hydrogen-bond acceptors (Lipinski definition) is 5. The number of carboxylic acids is 1. The Balaban J connectivity index is 2.11. The maximum Gasteiger partial charge on any atom is 0.339 e. The molecular weight excluding hydrogens is 250 g/mol. The molecule has 0 radical (unpaired) electrons. The first-order chi connectivity index (χ1) is 9.09. The smallest absolute Gasteiger partial charge is 0.339 e. The van der Waals surface area contributed by atoms with Crippen molar-refractivity contribution in [1.29, 1.82) is 0 Å². The van der Waals surface area contributed by atoms with Crippen LogP contribution in [0.3, 0.4) is 0 Å². The topological polar surface area (TPSA) is 84.9 Å². The van der Waals surface area contributed by atoms with Crippen molar-refractivity contribution >= 4 is 17.6 Å². The number of rotatable bonds is 5. The Morgan fingerprint density at radius 1 is 1.42 bits per heavy atom. The van der Waals surface area contributed by atoms with E-state index in [1.165, 1.54) is 7.11 Å². The molecule has 0 atom stereocenters. The number of ether oxygens (including phenoxy) is 2. The van der Waals surface area contributed by atoms with Gasteiger partial charge in [-0.2, -0.15) is 0 Å². The molecule has 1 heterocycles. The first kappa shape index (κ1) is 13.4. The lowest BCUT2D eigenvalue weighted by Crippen LogP contribution is -2.53. The molecule has 6 nitrogen and oxygen atoms in total. The number of esters is 1. The average molecular weight is 265 g/mol. The summed E-state index contributed by atoms with van der Waals surface area (Å²) in [6.45, 7) is 0.557. The molecule has 19 heavy (non-hydrogen) atoms. The van der Waals surface area contributed by atoms with Gasteiger partial charge < -0.3 is 19.9 Å². The van der Waals surface area contributed by atoms with Crippen LogP contribution in [0.15, 0.2) is 24.3 Å². The van der Waals surface area contributed by atoms with Crippen LogP contribution in [-0.4, -0.2) is 43.9 Å². The van der Waals surface area contributed by atoms with E-state index in [0.717, 1.165) is 0 Å². The summed E-state index contributed by atoms with van der Waals surface area (Å²) in [5, 5.41) is 12.2. The number of aliphatic carboxylic acids is 1. The predicted molar refractivity (Wildman–Crippen MR) is 67.2 cm³/mol. The molecule has 0 bridgehead atoms. The summed E-state index contributed by atoms with van der Waals surface area (Å²) in [5.74, 6) is -1.36. The van der Waals surface area contributed by atoms with Gasteiger partial charge in [0, 0.05) is 12.2 Å². The molecule has 1 fully saturated rings. The molecule has 0 aliphatic carbocycles. The molecule has 1 aliphatic heterocycles. The molecule has 0 amide bonds. The van der Waals surface area contributed by atoms with Gasteiger partial charge in [-0.15, -0.1) is 0 Å². The van der Waals surface area contributed by atoms with Gasteiger partial charge in [-0.05, 0) is 12.1 Å². The van der Waals surface area contributed by atoms with Crippen molar-refractivity contribution in [3.05, 3.63) is 29.8 Å². The molecule has 6 heteroatoms. The summed E-state index contributed by atoms with van der Waals surface area (Å²) in [7, 11) is 1.30. The number of para-hydroxylation sites is 1. The number of carboxylic acid groups (broad SMARTS) is 1. The minimum absolute atomic E-state index is 0.176. The largest absolute Gasteiger partial charge is 0.481 e. The second-order valence-corrected chi connectivity index (χ2v) is 4.47. The zero-order valence-corrected chi connectivity index (χ0v) is 10.5. The van der Waals surface area contributed by atoms with Crippen LogP contribution in [0, 0.1) is 5.41 Å². The van der Waals surface area contributed by atoms with Gasteiger partial charge in [-0.1, -0.05) is 12.1 Å². The minimum Gasteiger partial charge on any atom is -0.481 e. The number of carbonyl (C=O) groups is 2. The Labute approximate surface area is 110 Å². The highest BCUT2D eigenvalue weighted by Gasteiger charge is 2.46. The van der Waals surface area contributed by atoms with Gasteiger partial charge in [0.2, 0.25) is 0 Å². The van der Waals surface area contributed by atoms with Crippen LogP contribution in [0.4, 0.5) is 5.69 Å². The maximum atomic E-state index is 11.6. The highest BCUT2D eigenvalue weighted by molar-refractivity contribution is 5.95. The quantitative estimate of drug-likeness (QED) is 0.772. The van der Waals surface area contributed by atoms with Crippen molar-refractivity contribution in [2.24, 2.45) is 5.41 Å². The van der Waals surface area contributed by atoms with Crippen molar-refractivity contribution < 1.29 is 24.2 Å². The lowest BCUT2D eigenvalue weighted by molar-refractivity contribution is -0.176. The van der Waals surface area contributed by atoms with Crippen molar-refractivity contribution in [2.45, 2.75) is 0 Å². The van der Waals surface area contributed by atoms with Gasteiger partial charge in [0.25, 0.3) is 0 Å². The maximum absolute atomic E-state index is 11.6. The van der Waals surface area contributed by atoms with Gasteiger partial charge in [-0.3, -0.25) is 4.79 Å². The van der Waals surface area contributed by atoms with E-state index in [9.17, 15) is 14.7 Å². The van der Waals surface area contributed by atoms with Crippen LogP contribution in [0.25, 0.3) is 0 Å². The molecular formula is C13H15NO5. The molecule has 102 valence electrons. The molecule has 1 aromatic carbocycles. The van der Waals surface area contributed by atoms with E-state index in [2.05, 4.69) is 10.1 Å². The first-order valence-electron chi connectivity index (χ1n) is 5.81. The van der Waals surface area contributed by atoms with Crippen LogP contribution in [0.5, 0.6) is 0 Å². The van der Waals surface area contributed by atoms with Crippen LogP contribution in [0.2, 0.25) is 0 Å². The summed E-state index contributed by atoms with van der Waals surface area (Å²) < 4.78 is 9.65. The van der Waals surface area contributed by atoms with Crippen LogP contribution >= 0.6 is 0 Å². The fraction of sp³-hybridized carbons (Fsp3) is 0.385. The van der Waals surface area contributed by atoms with Gasteiger partial charge >= 0.3 is 11.9 Å². The molecule has 0 saturated carbocycles. The van der Waals surface area contributed by atoms with E-state index >= 15 is 0 Å². The summed E-state index contributed by atoms with van der Waals surface area (Å²) >= 11 is 0. The lowest BCUT2D eigenvalue weighted by Gasteiger charge is -2.37. The molecule has 2 rings (SSSR count). The predicted octanol–water partition coefficient (Wildman–Crippen LogP) is 0.986. The van der Waals surface area contributed by atoms with Crippen molar-refractivity contribution in [3.63, 3.8) is 0 Å². The Bertz CT molecular complexity index is 496. The molecule has 1 saturated heterocycles. The normalized spacial score (nSPS) is 16.3. The molecule has 0 spiro atoms. The highest BCUT2D eigenvalue weighted by atomic mass is 16.5. The van der Waals surface area contributed by atoms with E-state index in [4.69, 9.17) is 4.74 Å². The lowest BCUT2D eigenvalue weighted by atomic mass is 9.86. The van der Waals surface area contributed by atoms with Gasteiger partial charge in [-0.25, -0.2) is 4.79 Å². The summed E-state index contributed by atoms with van der Waals surface area (Å²) in [6, 6.07) is 6.82. The van der Waals surface area contributed by atoms with Crippen molar-refractivity contribution in [2.75, 3.05) is 32.2 Å². The second kappa shape index (κ2) is 5.27. The number of hydrogen-bond donors (Lipinski definition) is 2. The van der Waals surface area contributed by atoms with Gasteiger partial charge in [0.15, 0.2) is 0 Å². The number of carbonyl (C=O) groups excluding carboxylic acids is 1. The van der Waals surface area contributed by atoms with Crippen LogP contribution in [0.1, 0.15) is 10.4 Å². The molecule has 1 aliphatic rings. The molecule has 1 aromatic rings. The summed E-state index contributed by atoms with van der Waals surface area (Å²) in [6.07, 6.45) is 0. The third-order valence-electron chi connectivity index (χ3n) is 3.16. The standard InChI is InChI=1S/C13H15NO5/c1-18-11(15)9-4-2-3-5-10(9)14-6-13(12(16)17)7-19-8-13/h2-5,14H,6-8H2,1H3,(H,16,17). The average Bonchev–Trinajstić information content (AvgIpc) is 2.36. The number of benzene rings is 1. The van der Waals surface area contributed by atoms with Gasteiger partial charge in [0.05, 0.1) is 25.9 Å². The molecule has 2 N–H and O–H groups in total. The fourth-order valence-corrected chi connectivity index (χ4v) is 1.84. The Hall–Kier alpha value is -2.08. The summed E-state index contributed by atoms with van der Waals surface area (Å²) in [4.78, 5) is 22.8.